The fourth-order valence-electron chi connectivity index (χ4n) is 2.67. The summed E-state index contributed by atoms with van der Waals surface area (Å²) in [6.07, 6.45) is 8.39. The van der Waals surface area contributed by atoms with E-state index in [-0.39, 0.29) is 0 Å². The van der Waals surface area contributed by atoms with Crippen molar-refractivity contribution < 1.29 is 10.2 Å². The van der Waals surface area contributed by atoms with Crippen molar-refractivity contribution in [3.63, 3.8) is 0 Å². The van der Waals surface area contributed by atoms with E-state index in [1.165, 1.54) is 32.1 Å². The summed E-state index contributed by atoms with van der Waals surface area (Å²) in [5.41, 5.74) is -0.286. The molecule has 2 heteroatoms. The van der Waals surface area contributed by atoms with E-state index in [2.05, 4.69) is 6.92 Å². The Bertz CT molecular complexity index is 348. The molecule has 1 aromatic carbocycles. The van der Waals surface area contributed by atoms with Gasteiger partial charge in [-0.3, -0.25) is 0 Å². The van der Waals surface area contributed by atoms with Crippen LogP contribution in [0.5, 0.6) is 0 Å². The van der Waals surface area contributed by atoms with Crippen molar-refractivity contribution >= 4 is 0 Å². The summed E-state index contributed by atoms with van der Waals surface area (Å²) < 4.78 is 0. The number of rotatable bonds is 10. The molecule has 0 aromatic heterocycles. The summed E-state index contributed by atoms with van der Waals surface area (Å²) in [4.78, 5) is 0. The minimum Gasteiger partial charge on any atom is -0.390 e. The zero-order valence-corrected chi connectivity index (χ0v) is 13.0. The van der Waals surface area contributed by atoms with Gasteiger partial charge in [0.2, 0.25) is 0 Å². The van der Waals surface area contributed by atoms with Crippen LogP contribution in [0.4, 0.5) is 0 Å². The fourth-order valence-corrected chi connectivity index (χ4v) is 2.67. The highest BCUT2D eigenvalue weighted by atomic mass is 16.3. The Labute approximate surface area is 123 Å². The van der Waals surface area contributed by atoms with Crippen LogP contribution in [-0.4, -0.2) is 16.3 Å². The zero-order valence-electron chi connectivity index (χ0n) is 13.0. The monoisotopic (exact) mass is 278 g/mol. The maximum absolute atomic E-state index is 10.8. The number of hydrogen-bond acceptors (Lipinski definition) is 2. The highest BCUT2D eigenvalue weighted by molar-refractivity contribution is 5.23. The van der Waals surface area contributed by atoms with Gasteiger partial charge in [0.1, 0.15) is 5.60 Å². The van der Waals surface area contributed by atoms with Gasteiger partial charge in [-0.1, -0.05) is 82.2 Å². The van der Waals surface area contributed by atoms with Crippen molar-refractivity contribution in [2.24, 2.45) is 0 Å². The Morgan fingerprint density at radius 2 is 1.50 bits per heavy atom. The molecule has 0 radical (unpaired) electrons. The van der Waals surface area contributed by atoms with Gasteiger partial charge in [0.25, 0.3) is 0 Å². The second-order valence-electron chi connectivity index (χ2n) is 5.84. The second kappa shape index (κ2) is 9.15. The number of hydrogen-bond donors (Lipinski definition) is 2. The maximum atomic E-state index is 10.8. The van der Waals surface area contributed by atoms with E-state index in [9.17, 15) is 10.2 Å². The topological polar surface area (TPSA) is 40.5 Å². The number of aliphatic hydroxyl groups excluding tert-OH is 1. The molecule has 2 atom stereocenters. The first-order valence-electron chi connectivity index (χ1n) is 8.07. The quantitative estimate of drug-likeness (QED) is 0.623. The molecule has 2 unspecified atom stereocenters. The van der Waals surface area contributed by atoms with Gasteiger partial charge >= 0.3 is 0 Å². The molecule has 1 aromatic rings. The Balaban J connectivity index is 2.40. The van der Waals surface area contributed by atoms with Crippen LogP contribution in [0.3, 0.4) is 0 Å². The van der Waals surface area contributed by atoms with Gasteiger partial charge in [-0.25, -0.2) is 0 Å². The normalized spacial score (nSPS) is 15.8. The highest BCUT2D eigenvalue weighted by Gasteiger charge is 2.33. The number of benzene rings is 1. The molecule has 0 saturated carbocycles. The molecule has 0 bridgehead atoms. The van der Waals surface area contributed by atoms with E-state index in [4.69, 9.17) is 0 Å². The van der Waals surface area contributed by atoms with Gasteiger partial charge in [-0.15, -0.1) is 0 Å². The molecule has 0 heterocycles. The largest absolute Gasteiger partial charge is 0.390 e. The van der Waals surface area contributed by atoms with Crippen LogP contribution in [0.15, 0.2) is 30.3 Å². The van der Waals surface area contributed by atoms with E-state index in [1.54, 1.807) is 6.92 Å². The summed E-state index contributed by atoms with van der Waals surface area (Å²) in [6, 6.07) is 9.54. The molecule has 0 aliphatic rings. The van der Waals surface area contributed by atoms with Crippen LogP contribution in [0.25, 0.3) is 0 Å². The number of aliphatic hydroxyl groups is 2. The van der Waals surface area contributed by atoms with Gasteiger partial charge in [0.15, 0.2) is 0 Å². The van der Waals surface area contributed by atoms with Crippen LogP contribution < -0.4 is 0 Å². The van der Waals surface area contributed by atoms with Crippen molar-refractivity contribution in [3.05, 3.63) is 35.9 Å². The summed E-state index contributed by atoms with van der Waals surface area (Å²) in [6.45, 7) is 3.90. The molecule has 0 amide bonds. The average molecular weight is 278 g/mol. The Hall–Kier alpha value is -0.860. The highest BCUT2D eigenvalue weighted by Crippen LogP contribution is 2.31. The predicted molar refractivity (Wildman–Crippen MR) is 84.6 cm³/mol. The lowest BCUT2D eigenvalue weighted by molar-refractivity contribution is -0.0788. The summed E-state index contributed by atoms with van der Waals surface area (Å²) in [7, 11) is 0. The molecule has 0 aliphatic heterocycles. The molecule has 20 heavy (non-hydrogen) atoms. The molecular formula is C18H30O2. The van der Waals surface area contributed by atoms with Crippen molar-refractivity contribution in [1.82, 2.24) is 0 Å². The Morgan fingerprint density at radius 1 is 0.950 bits per heavy atom. The van der Waals surface area contributed by atoms with Gasteiger partial charge in [0, 0.05) is 0 Å². The minimum atomic E-state index is -1.11. The third-order valence-corrected chi connectivity index (χ3v) is 4.13. The van der Waals surface area contributed by atoms with Gasteiger partial charge in [-0.05, 0) is 18.9 Å². The van der Waals surface area contributed by atoms with Crippen molar-refractivity contribution in [1.29, 1.82) is 0 Å². The minimum absolute atomic E-state index is 0.627. The van der Waals surface area contributed by atoms with E-state index >= 15 is 0 Å². The molecule has 0 aliphatic carbocycles. The fraction of sp³-hybridized carbons (Fsp3) is 0.667. The smallest absolute Gasteiger partial charge is 0.115 e. The summed E-state index contributed by atoms with van der Waals surface area (Å²) in [5, 5.41) is 20.7. The van der Waals surface area contributed by atoms with Gasteiger partial charge in [0.05, 0.1) is 6.10 Å². The van der Waals surface area contributed by atoms with Crippen molar-refractivity contribution in [3.8, 4) is 0 Å². The van der Waals surface area contributed by atoms with Crippen LogP contribution in [-0.2, 0) is 5.60 Å². The first-order valence-corrected chi connectivity index (χ1v) is 8.07. The molecule has 114 valence electrons. The Kier molecular flexibility index (Phi) is 7.86. The zero-order chi connectivity index (χ0) is 14.8. The summed E-state index contributed by atoms with van der Waals surface area (Å²) >= 11 is 0. The van der Waals surface area contributed by atoms with E-state index in [0.717, 1.165) is 18.4 Å². The molecule has 2 N–H and O–H groups in total. The van der Waals surface area contributed by atoms with E-state index < -0.39 is 11.7 Å². The van der Waals surface area contributed by atoms with E-state index in [0.29, 0.717) is 6.42 Å². The van der Waals surface area contributed by atoms with E-state index in [1.807, 2.05) is 30.3 Å². The lowest BCUT2D eigenvalue weighted by atomic mass is 9.84. The summed E-state index contributed by atoms with van der Waals surface area (Å²) in [5.74, 6) is 0. The molecule has 2 nitrogen and oxygen atoms in total. The second-order valence-corrected chi connectivity index (χ2v) is 5.84. The van der Waals surface area contributed by atoms with Crippen LogP contribution in [0, 0.1) is 0 Å². The van der Waals surface area contributed by atoms with Crippen LogP contribution >= 0.6 is 0 Å². The Morgan fingerprint density at radius 3 is 2.05 bits per heavy atom. The molecular weight excluding hydrogens is 248 g/mol. The lowest BCUT2D eigenvalue weighted by Gasteiger charge is -2.31. The van der Waals surface area contributed by atoms with Gasteiger partial charge in [-0.2, -0.15) is 0 Å². The predicted octanol–water partition coefficient (Wildman–Crippen LogP) is 4.40. The molecule has 1 rings (SSSR count). The third kappa shape index (κ3) is 5.26. The molecule has 0 saturated heterocycles. The number of unbranched alkanes of at least 4 members (excludes halogenated alkanes) is 6. The first-order chi connectivity index (χ1) is 9.61. The molecule has 0 spiro atoms. The average Bonchev–Trinajstić information content (AvgIpc) is 2.46. The molecule has 0 fully saturated rings. The SMILES string of the molecule is CCCCCCCCCC(O)(c1ccccc1)C(C)O. The standard InChI is InChI=1S/C18H30O2/c1-3-4-5-6-7-8-12-15-18(20,16(2)19)17-13-10-9-11-14-17/h9-11,13-14,16,19-20H,3-8,12,15H2,1-2H3. The van der Waals surface area contributed by atoms with Crippen LogP contribution in [0.1, 0.15) is 70.8 Å². The maximum Gasteiger partial charge on any atom is 0.115 e. The first kappa shape index (κ1) is 17.2. The van der Waals surface area contributed by atoms with Crippen molar-refractivity contribution in [2.45, 2.75) is 76.9 Å². The lowest BCUT2D eigenvalue weighted by Crippen LogP contribution is -2.37. The van der Waals surface area contributed by atoms with Crippen molar-refractivity contribution in [2.75, 3.05) is 0 Å². The van der Waals surface area contributed by atoms with Gasteiger partial charge < -0.3 is 10.2 Å². The van der Waals surface area contributed by atoms with Crippen LogP contribution in [0.2, 0.25) is 0 Å². The third-order valence-electron chi connectivity index (χ3n) is 4.13.